The molecule has 20 heavy (non-hydrogen) atoms. The van der Waals surface area contributed by atoms with Gasteiger partial charge in [0.2, 0.25) is 5.78 Å². The number of ketones is 1. The Morgan fingerprint density at radius 1 is 1.00 bits per heavy atom. The molecule has 1 aliphatic carbocycles. The van der Waals surface area contributed by atoms with Gasteiger partial charge >= 0.3 is 0 Å². The van der Waals surface area contributed by atoms with Crippen molar-refractivity contribution in [1.29, 1.82) is 0 Å². The Kier molecular flexibility index (Phi) is 4.02. The van der Waals surface area contributed by atoms with Gasteiger partial charge in [0.25, 0.3) is 0 Å². The second-order valence-electron chi connectivity index (χ2n) is 5.70. The number of benzene rings is 1. The topological polar surface area (TPSA) is 17.1 Å². The molecule has 1 aromatic heterocycles. The van der Waals surface area contributed by atoms with Gasteiger partial charge in [0.1, 0.15) is 0 Å². The fourth-order valence-electron chi connectivity index (χ4n) is 3.04. The van der Waals surface area contributed by atoms with E-state index in [0.29, 0.717) is 5.92 Å². The number of rotatable bonds is 3. The summed E-state index contributed by atoms with van der Waals surface area (Å²) in [7, 11) is 0. The minimum atomic E-state index is 0.151. The second kappa shape index (κ2) is 5.92. The van der Waals surface area contributed by atoms with Gasteiger partial charge in [-0.3, -0.25) is 4.79 Å². The van der Waals surface area contributed by atoms with E-state index in [4.69, 9.17) is 0 Å². The van der Waals surface area contributed by atoms with Crippen LogP contribution >= 0.6 is 11.3 Å². The van der Waals surface area contributed by atoms with Crippen LogP contribution in [0.1, 0.15) is 63.7 Å². The third kappa shape index (κ3) is 2.85. The summed E-state index contributed by atoms with van der Waals surface area (Å²) in [4.78, 5) is 14.4. The summed E-state index contributed by atoms with van der Waals surface area (Å²) < 4.78 is 0. The lowest BCUT2D eigenvalue weighted by atomic mass is 9.84. The Morgan fingerprint density at radius 3 is 2.30 bits per heavy atom. The molecule has 0 bridgehead atoms. The van der Waals surface area contributed by atoms with Gasteiger partial charge in [0, 0.05) is 10.4 Å². The molecule has 104 valence electrons. The van der Waals surface area contributed by atoms with Crippen LogP contribution in [0.5, 0.6) is 0 Å². The van der Waals surface area contributed by atoms with Gasteiger partial charge in [0.15, 0.2) is 0 Å². The van der Waals surface area contributed by atoms with Crippen LogP contribution < -0.4 is 0 Å². The molecule has 1 heterocycles. The van der Waals surface area contributed by atoms with E-state index in [1.165, 1.54) is 42.5 Å². The Hall–Kier alpha value is -1.41. The molecule has 0 N–H and O–H groups in total. The fourth-order valence-corrected chi connectivity index (χ4v) is 3.87. The second-order valence-corrected chi connectivity index (χ2v) is 6.98. The lowest BCUT2D eigenvalue weighted by Crippen LogP contribution is -2.05. The molecule has 1 aliphatic rings. The van der Waals surface area contributed by atoms with Crippen molar-refractivity contribution in [2.75, 3.05) is 0 Å². The first-order chi connectivity index (χ1) is 9.74. The maximum Gasteiger partial charge on any atom is 0.202 e. The summed E-state index contributed by atoms with van der Waals surface area (Å²) in [6.07, 6.45) is 6.68. The van der Waals surface area contributed by atoms with Crippen molar-refractivity contribution in [3.63, 3.8) is 0 Å². The van der Waals surface area contributed by atoms with Gasteiger partial charge in [-0.1, -0.05) is 43.5 Å². The van der Waals surface area contributed by atoms with Crippen LogP contribution in [0, 0.1) is 6.92 Å². The molecule has 3 rings (SSSR count). The standard InChI is InChI=1S/C18H20OS/c1-13-7-12-17(20-13)18(19)16-10-8-15(9-11-16)14-5-3-2-4-6-14/h7-12,14H,2-6H2,1H3. The van der Waals surface area contributed by atoms with E-state index in [1.54, 1.807) is 11.3 Å². The highest BCUT2D eigenvalue weighted by Gasteiger charge is 2.16. The third-order valence-corrected chi connectivity index (χ3v) is 5.21. The maximum atomic E-state index is 12.4. The van der Waals surface area contributed by atoms with Crippen molar-refractivity contribution in [2.45, 2.75) is 44.9 Å². The third-order valence-electron chi connectivity index (χ3n) is 4.21. The minimum Gasteiger partial charge on any atom is -0.288 e. The monoisotopic (exact) mass is 284 g/mol. The van der Waals surface area contributed by atoms with Gasteiger partial charge in [-0.2, -0.15) is 0 Å². The molecule has 0 spiro atoms. The lowest BCUT2D eigenvalue weighted by Gasteiger charge is -2.21. The quantitative estimate of drug-likeness (QED) is 0.696. The van der Waals surface area contributed by atoms with Crippen LogP contribution in [0.25, 0.3) is 0 Å². The van der Waals surface area contributed by atoms with Gasteiger partial charge < -0.3 is 0 Å². The Balaban J connectivity index is 1.77. The molecule has 0 aliphatic heterocycles. The molecule has 1 fully saturated rings. The van der Waals surface area contributed by atoms with E-state index in [-0.39, 0.29) is 5.78 Å². The van der Waals surface area contributed by atoms with E-state index in [9.17, 15) is 4.79 Å². The van der Waals surface area contributed by atoms with Crippen molar-refractivity contribution in [1.82, 2.24) is 0 Å². The van der Waals surface area contributed by atoms with Crippen LogP contribution in [0.15, 0.2) is 36.4 Å². The van der Waals surface area contributed by atoms with E-state index in [2.05, 4.69) is 12.1 Å². The summed E-state index contributed by atoms with van der Waals surface area (Å²) >= 11 is 1.57. The van der Waals surface area contributed by atoms with Gasteiger partial charge in [-0.05, 0) is 43.4 Å². The summed E-state index contributed by atoms with van der Waals surface area (Å²) in [5.74, 6) is 0.857. The normalized spacial score (nSPS) is 16.2. The van der Waals surface area contributed by atoms with Crippen molar-refractivity contribution in [3.05, 3.63) is 57.3 Å². The predicted molar refractivity (Wildman–Crippen MR) is 84.8 cm³/mol. The smallest absolute Gasteiger partial charge is 0.202 e. The number of hydrogen-bond acceptors (Lipinski definition) is 2. The van der Waals surface area contributed by atoms with Crippen molar-refractivity contribution < 1.29 is 4.79 Å². The van der Waals surface area contributed by atoms with Gasteiger partial charge in [0.05, 0.1) is 4.88 Å². The van der Waals surface area contributed by atoms with Crippen molar-refractivity contribution >= 4 is 17.1 Å². The van der Waals surface area contributed by atoms with Crippen LogP contribution in [-0.4, -0.2) is 5.78 Å². The molecule has 0 atom stereocenters. The Bertz CT molecular complexity index is 588. The predicted octanol–water partition coefficient (Wildman–Crippen LogP) is 5.34. The molecule has 1 nitrogen and oxygen atoms in total. The first kappa shape index (κ1) is 13.6. The van der Waals surface area contributed by atoms with Crippen LogP contribution in [0.3, 0.4) is 0 Å². The van der Waals surface area contributed by atoms with Gasteiger partial charge in [-0.25, -0.2) is 0 Å². The first-order valence-electron chi connectivity index (χ1n) is 7.45. The number of thiophene rings is 1. The van der Waals surface area contributed by atoms with Crippen LogP contribution in [0.2, 0.25) is 0 Å². The number of aryl methyl sites for hydroxylation is 1. The average Bonchev–Trinajstić information content (AvgIpc) is 2.94. The number of hydrogen-bond donors (Lipinski definition) is 0. The Morgan fingerprint density at radius 2 is 1.70 bits per heavy atom. The molecular weight excluding hydrogens is 264 g/mol. The zero-order valence-corrected chi connectivity index (χ0v) is 12.7. The zero-order chi connectivity index (χ0) is 13.9. The van der Waals surface area contributed by atoms with E-state index < -0.39 is 0 Å². The molecular formula is C18H20OS. The largest absolute Gasteiger partial charge is 0.288 e. The molecule has 0 saturated heterocycles. The molecule has 0 unspecified atom stereocenters. The minimum absolute atomic E-state index is 0.151. The molecule has 1 aromatic carbocycles. The summed E-state index contributed by atoms with van der Waals surface area (Å²) in [5, 5.41) is 0. The molecule has 0 amide bonds. The van der Waals surface area contributed by atoms with E-state index in [1.807, 2.05) is 31.2 Å². The van der Waals surface area contributed by atoms with E-state index in [0.717, 1.165) is 10.4 Å². The van der Waals surface area contributed by atoms with Crippen molar-refractivity contribution in [2.24, 2.45) is 0 Å². The summed E-state index contributed by atoms with van der Waals surface area (Å²) in [6, 6.07) is 12.3. The van der Waals surface area contributed by atoms with Crippen molar-refractivity contribution in [3.8, 4) is 0 Å². The maximum absolute atomic E-state index is 12.4. The summed E-state index contributed by atoms with van der Waals surface area (Å²) in [5.41, 5.74) is 2.22. The SMILES string of the molecule is Cc1ccc(C(=O)c2ccc(C3CCCCC3)cc2)s1. The highest BCUT2D eigenvalue weighted by Crippen LogP contribution is 2.32. The lowest BCUT2D eigenvalue weighted by molar-refractivity contribution is 0.104. The molecule has 2 aromatic rings. The first-order valence-corrected chi connectivity index (χ1v) is 8.27. The van der Waals surface area contributed by atoms with Crippen LogP contribution in [0.4, 0.5) is 0 Å². The Labute approximate surface area is 124 Å². The fraction of sp³-hybridized carbons (Fsp3) is 0.389. The van der Waals surface area contributed by atoms with Crippen LogP contribution in [-0.2, 0) is 0 Å². The molecule has 0 radical (unpaired) electrons. The number of carbonyl (C=O) groups excluding carboxylic acids is 1. The summed E-state index contributed by atoms with van der Waals surface area (Å²) in [6.45, 7) is 2.04. The zero-order valence-electron chi connectivity index (χ0n) is 11.9. The van der Waals surface area contributed by atoms with E-state index >= 15 is 0 Å². The van der Waals surface area contributed by atoms with Gasteiger partial charge in [-0.15, -0.1) is 11.3 Å². The highest BCUT2D eigenvalue weighted by atomic mass is 32.1. The molecule has 2 heteroatoms. The number of carbonyl (C=O) groups is 1. The average molecular weight is 284 g/mol. The molecule has 1 saturated carbocycles. The highest BCUT2D eigenvalue weighted by molar-refractivity contribution is 7.14.